The molecule has 0 N–H and O–H groups in total. The van der Waals surface area contributed by atoms with Crippen molar-refractivity contribution in [2.24, 2.45) is 4.36 Å². The molecular formula is C14H12N4O2S. The van der Waals surface area contributed by atoms with Crippen molar-refractivity contribution >= 4 is 22.1 Å². The Labute approximate surface area is 124 Å². The zero-order valence-corrected chi connectivity index (χ0v) is 12.0. The second kappa shape index (κ2) is 6.78. The lowest BCUT2D eigenvalue weighted by Gasteiger charge is -2.05. The van der Waals surface area contributed by atoms with Gasteiger partial charge in [0, 0.05) is 29.2 Å². The second-order valence-corrected chi connectivity index (χ2v) is 6.35. The maximum atomic E-state index is 10.9. The molecule has 0 unspecified atom stereocenters. The molecule has 1 aliphatic heterocycles. The summed E-state index contributed by atoms with van der Waals surface area (Å²) in [6, 6.07) is 9.56. The highest BCUT2D eigenvalue weighted by molar-refractivity contribution is 7.87. The molecule has 1 aromatic carbocycles. The third-order valence-corrected chi connectivity index (χ3v) is 4.98. The van der Waals surface area contributed by atoms with Crippen LogP contribution < -0.4 is 0 Å². The molecular weight excluding hydrogens is 288 g/mol. The van der Waals surface area contributed by atoms with E-state index in [1.54, 1.807) is 6.07 Å². The molecule has 1 heterocycles. The van der Waals surface area contributed by atoms with E-state index in [0.717, 1.165) is 24.3 Å². The van der Waals surface area contributed by atoms with Gasteiger partial charge in [-0.3, -0.25) is 10.1 Å². The largest absolute Gasteiger partial charge is 0.270 e. The quantitative estimate of drug-likeness (QED) is 0.486. The minimum Gasteiger partial charge on any atom is -0.258 e. The van der Waals surface area contributed by atoms with Crippen molar-refractivity contribution in [2.75, 3.05) is 11.5 Å². The molecule has 0 radical (unpaired) electrons. The topological polar surface area (TPSA) is 103 Å². The van der Waals surface area contributed by atoms with Crippen LogP contribution in [0.3, 0.4) is 0 Å². The van der Waals surface area contributed by atoms with Crippen molar-refractivity contribution in [1.82, 2.24) is 0 Å². The highest BCUT2D eigenvalue weighted by Gasteiger charge is 2.15. The van der Waals surface area contributed by atoms with E-state index in [1.807, 2.05) is 12.1 Å². The first-order valence-electron chi connectivity index (χ1n) is 6.34. The number of nitro groups is 1. The summed E-state index contributed by atoms with van der Waals surface area (Å²) in [5.41, 5.74) is 0.538. The molecule has 0 amide bonds. The molecule has 106 valence electrons. The van der Waals surface area contributed by atoms with E-state index in [1.165, 1.54) is 18.2 Å². The number of non-ortho nitro benzene ring substituents is 1. The highest BCUT2D eigenvalue weighted by atomic mass is 32.2. The molecule has 0 saturated carbocycles. The van der Waals surface area contributed by atoms with E-state index in [-0.39, 0.29) is 27.6 Å². The fourth-order valence-electron chi connectivity index (χ4n) is 2.00. The third kappa shape index (κ3) is 3.53. The Morgan fingerprint density at radius 3 is 2.52 bits per heavy atom. The van der Waals surface area contributed by atoms with Gasteiger partial charge in [0.25, 0.3) is 5.69 Å². The van der Waals surface area contributed by atoms with Crippen molar-refractivity contribution < 1.29 is 4.92 Å². The first-order chi connectivity index (χ1) is 10.2. The summed E-state index contributed by atoms with van der Waals surface area (Å²) in [6.45, 7) is 0. The van der Waals surface area contributed by atoms with Crippen LogP contribution in [-0.2, 0) is 10.7 Å². The fourth-order valence-corrected chi connectivity index (χ4v) is 3.92. The molecule has 0 spiro atoms. The summed E-state index contributed by atoms with van der Waals surface area (Å²) in [7, 11) is -0.204. The average Bonchev–Trinajstić information content (AvgIpc) is 3.00. The van der Waals surface area contributed by atoms with Crippen molar-refractivity contribution in [3.63, 3.8) is 0 Å². The van der Waals surface area contributed by atoms with Gasteiger partial charge in [-0.25, -0.2) is 4.36 Å². The third-order valence-electron chi connectivity index (χ3n) is 3.02. The van der Waals surface area contributed by atoms with Crippen LogP contribution in [0.1, 0.15) is 18.4 Å². The summed E-state index contributed by atoms with van der Waals surface area (Å²) >= 11 is 0. The fraction of sp³-hybridized carbons (Fsp3) is 0.286. The summed E-state index contributed by atoms with van der Waals surface area (Å²) in [5.74, 6) is 1.89. The Kier molecular flexibility index (Phi) is 4.81. The number of benzene rings is 1. The van der Waals surface area contributed by atoms with Gasteiger partial charge in [0.2, 0.25) is 0 Å². The second-order valence-electron chi connectivity index (χ2n) is 4.42. The number of hydrogen-bond acceptors (Lipinski definition) is 5. The summed E-state index contributed by atoms with van der Waals surface area (Å²) in [5, 5.41) is 29.0. The number of hydrogen-bond donors (Lipinski definition) is 0. The minimum atomic E-state index is -0.503. The molecule has 1 fully saturated rings. The van der Waals surface area contributed by atoms with Gasteiger partial charge >= 0.3 is 0 Å². The van der Waals surface area contributed by atoms with Gasteiger partial charge in [0.05, 0.1) is 4.92 Å². The van der Waals surface area contributed by atoms with Crippen molar-refractivity contribution in [1.29, 1.82) is 10.5 Å². The van der Waals surface area contributed by atoms with E-state index in [9.17, 15) is 10.1 Å². The van der Waals surface area contributed by atoms with Crippen LogP contribution in [0.25, 0.3) is 5.70 Å². The SMILES string of the molecule is N#CC(C#N)=C(N=S1CCCC1)c1cccc([N+](=O)[O-])c1. The van der Waals surface area contributed by atoms with Gasteiger partial charge in [-0.05, 0) is 12.8 Å². The molecule has 1 aromatic rings. The van der Waals surface area contributed by atoms with Gasteiger partial charge in [-0.1, -0.05) is 22.8 Å². The van der Waals surface area contributed by atoms with E-state index >= 15 is 0 Å². The molecule has 21 heavy (non-hydrogen) atoms. The zero-order valence-electron chi connectivity index (χ0n) is 11.2. The molecule has 7 heteroatoms. The van der Waals surface area contributed by atoms with Crippen LogP contribution in [-0.4, -0.2) is 16.4 Å². The lowest BCUT2D eigenvalue weighted by molar-refractivity contribution is -0.384. The van der Waals surface area contributed by atoms with E-state index < -0.39 is 4.92 Å². The van der Waals surface area contributed by atoms with Crippen LogP contribution in [0.2, 0.25) is 0 Å². The van der Waals surface area contributed by atoms with Crippen LogP contribution in [0.4, 0.5) is 5.69 Å². The van der Waals surface area contributed by atoms with E-state index in [4.69, 9.17) is 10.5 Å². The average molecular weight is 300 g/mol. The van der Waals surface area contributed by atoms with Gasteiger partial charge in [0.1, 0.15) is 17.8 Å². The summed E-state index contributed by atoms with van der Waals surface area (Å²) in [6.07, 6.45) is 2.17. The Bertz CT molecular complexity index is 701. The van der Waals surface area contributed by atoms with Crippen LogP contribution in [0.5, 0.6) is 0 Å². The highest BCUT2D eigenvalue weighted by Crippen LogP contribution is 2.26. The molecule has 0 atom stereocenters. The first-order valence-corrected chi connectivity index (χ1v) is 7.86. The minimum absolute atomic E-state index is 0.0785. The van der Waals surface area contributed by atoms with Crippen molar-refractivity contribution in [3.05, 3.63) is 45.5 Å². The molecule has 1 saturated heterocycles. The van der Waals surface area contributed by atoms with Gasteiger partial charge in [-0.2, -0.15) is 10.5 Å². The normalized spacial score (nSPS) is 14.0. The molecule has 0 aliphatic carbocycles. The Balaban J connectivity index is 2.56. The standard InChI is InChI=1S/C14H12N4O2S/c15-9-12(10-16)14(17-21-6-1-2-7-21)11-4-3-5-13(8-11)18(19)20/h3-5,8H,1-2,6-7H2. The smallest absolute Gasteiger partial charge is 0.258 e. The zero-order chi connectivity index (χ0) is 15.2. The number of nitriles is 2. The number of nitrogens with zero attached hydrogens (tertiary/aromatic N) is 4. The van der Waals surface area contributed by atoms with Crippen LogP contribution in [0.15, 0.2) is 34.2 Å². The maximum absolute atomic E-state index is 10.9. The van der Waals surface area contributed by atoms with Crippen LogP contribution >= 0.6 is 0 Å². The molecule has 6 nitrogen and oxygen atoms in total. The van der Waals surface area contributed by atoms with Crippen LogP contribution in [0, 0.1) is 32.8 Å². The Morgan fingerprint density at radius 1 is 1.29 bits per heavy atom. The molecule has 2 rings (SSSR count). The Hall–Kier alpha value is -2.51. The first kappa shape index (κ1) is 14.9. The maximum Gasteiger partial charge on any atom is 0.270 e. The number of allylic oxidation sites excluding steroid dienone is 1. The van der Waals surface area contributed by atoms with Gasteiger partial charge in [-0.15, -0.1) is 0 Å². The van der Waals surface area contributed by atoms with E-state index in [2.05, 4.69) is 4.36 Å². The lowest BCUT2D eigenvalue weighted by atomic mass is 10.1. The molecule has 0 bridgehead atoms. The predicted molar refractivity (Wildman–Crippen MR) is 80.0 cm³/mol. The number of nitro benzene ring substituents is 1. The molecule has 0 aromatic heterocycles. The van der Waals surface area contributed by atoms with E-state index in [0.29, 0.717) is 5.56 Å². The van der Waals surface area contributed by atoms with Gasteiger partial charge < -0.3 is 0 Å². The van der Waals surface area contributed by atoms with Crippen molar-refractivity contribution in [3.8, 4) is 12.1 Å². The lowest BCUT2D eigenvalue weighted by Crippen LogP contribution is -1.95. The summed E-state index contributed by atoms with van der Waals surface area (Å²) in [4.78, 5) is 10.4. The summed E-state index contributed by atoms with van der Waals surface area (Å²) < 4.78 is 4.53. The monoisotopic (exact) mass is 300 g/mol. The van der Waals surface area contributed by atoms with Crippen molar-refractivity contribution in [2.45, 2.75) is 12.8 Å². The molecule has 1 aliphatic rings. The number of rotatable bonds is 3. The van der Waals surface area contributed by atoms with Gasteiger partial charge in [0.15, 0.2) is 5.57 Å². The predicted octanol–water partition coefficient (Wildman–Crippen LogP) is 2.95. The Morgan fingerprint density at radius 2 is 1.95 bits per heavy atom.